The summed E-state index contributed by atoms with van der Waals surface area (Å²) in [5.74, 6) is 0.279. The number of ether oxygens (including phenoxy) is 2. The molecule has 0 bridgehead atoms. The van der Waals surface area contributed by atoms with Crippen molar-refractivity contribution in [2.24, 2.45) is 12.8 Å². The molecule has 1 saturated heterocycles. The number of carboxylic acid groups (broad SMARTS) is 1. The van der Waals surface area contributed by atoms with Crippen LogP contribution in [0.4, 0.5) is 5.95 Å². The van der Waals surface area contributed by atoms with Gasteiger partial charge >= 0.3 is 12.0 Å². The molecule has 2 aliphatic rings. The van der Waals surface area contributed by atoms with E-state index in [4.69, 9.17) is 31.8 Å². The molecule has 12 heteroatoms. The van der Waals surface area contributed by atoms with Crippen molar-refractivity contribution in [3.8, 4) is 6.01 Å². The third-order valence-electron chi connectivity index (χ3n) is 8.03. The molecular formula is C31H37ClN6O5. The zero-order chi connectivity index (χ0) is 30.7. The fourth-order valence-electron chi connectivity index (χ4n) is 5.42. The monoisotopic (exact) mass is 608 g/mol. The second-order valence-corrected chi connectivity index (χ2v) is 11.3. The quantitative estimate of drug-likeness (QED) is 0.340. The summed E-state index contributed by atoms with van der Waals surface area (Å²) in [5, 5.41) is 10.4. The number of nitrogens with two attached hydrogens (primary N) is 1. The van der Waals surface area contributed by atoms with Crippen molar-refractivity contribution in [2.45, 2.75) is 64.1 Å². The minimum atomic E-state index is -1.36. The average molecular weight is 609 g/mol. The molecule has 11 nitrogen and oxygen atoms in total. The number of benzene rings is 1. The van der Waals surface area contributed by atoms with E-state index in [1.807, 2.05) is 34.9 Å². The first-order valence-corrected chi connectivity index (χ1v) is 14.9. The maximum Gasteiger partial charge on any atom is 0.348 e. The number of allylic oxidation sites excluding steroid dienone is 4. The Bertz CT molecular complexity index is 1670. The van der Waals surface area contributed by atoms with Crippen molar-refractivity contribution in [2.75, 3.05) is 18.0 Å². The second kappa shape index (κ2) is 12.6. The van der Waals surface area contributed by atoms with Crippen LogP contribution in [0.15, 0.2) is 64.9 Å². The number of hydrogen-bond donors (Lipinski definition) is 2. The standard InChI is InChI=1S/C31H37ClN6O5/c1-4-31(5-2,28(40)41)43-23-14-8-7-13-22(17-23)42-30-35-26-25(27(39)36(30)3)38(18-20-11-6-9-15-24(20)32)29(34-26)37-16-10-12-21(33)19-37/h6-7,9,11,13-15,17,21H,4-5,8,10,12,16,18-19,33H2,1-3H3,(H,40,41). The van der Waals surface area contributed by atoms with Crippen molar-refractivity contribution in [3.63, 3.8) is 0 Å². The van der Waals surface area contributed by atoms with Gasteiger partial charge in [0.15, 0.2) is 11.2 Å². The topological polar surface area (TPSA) is 138 Å². The maximum absolute atomic E-state index is 13.9. The van der Waals surface area contributed by atoms with Crippen molar-refractivity contribution < 1.29 is 19.4 Å². The third-order valence-corrected chi connectivity index (χ3v) is 8.40. The molecule has 0 spiro atoms. The van der Waals surface area contributed by atoms with Crippen molar-refractivity contribution in [1.29, 1.82) is 0 Å². The molecule has 1 aliphatic carbocycles. The third kappa shape index (κ3) is 6.18. The smallest absolute Gasteiger partial charge is 0.348 e. The van der Waals surface area contributed by atoms with E-state index in [1.165, 1.54) is 4.57 Å². The van der Waals surface area contributed by atoms with E-state index in [0.717, 1.165) is 24.9 Å². The Morgan fingerprint density at radius 3 is 2.67 bits per heavy atom. The van der Waals surface area contributed by atoms with E-state index in [9.17, 15) is 14.7 Å². The SMILES string of the molecule is CCC(CC)(OC1=CCC=CC(Oc2nc3nc(N4CCCC(N)C4)n(Cc4ccccc4Cl)c3c(=O)n2C)=C1)C(=O)O. The lowest BCUT2D eigenvalue weighted by atomic mass is 9.97. The summed E-state index contributed by atoms with van der Waals surface area (Å²) in [6.45, 7) is 5.24. The minimum Gasteiger partial charge on any atom is -0.478 e. The van der Waals surface area contributed by atoms with Crippen LogP contribution in [-0.4, -0.2) is 54.9 Å². The number of rotatable bonds is 10. The number of carbonyl (C=O) groups is 1. The molecule has 3 N–H and O–H groups in total. The van der Waals surface area contributed by atoms with E-state index in [-0.39, 0.29) is 23.3 Å². The molecule has 1 fully saturated rings. The van der Waals surface area contributed by atoms with Gasteiger partial charge in [-0.25, -0.2) is 4.79 Å². The second-order valence-electron chi connectivity index (χ2n) is 10.9. The van der Waals surface area contributed by atoms with Gasteiger partial charge in [0.05, 0.1) is 6.54 Å². The summed E-state index contributed by atoms with van der Waals surface area (Å²) in [6, 6.07) is 7.53. The van der Waals surface area contributed by atoms with E-state index < -0.39 is 11.6 Å². The first-order chi connectivity index (χ1) is 20.7. The Balaban J connectivity index is 1.55. The predicted octanol–water partition coefficient (Wildman–Crippen LogP) is 4.53. The number of carboxylic acids is 1. The van der Waals surface area contributed by atoms with Crippen LogP contribution in [0, 0.1) is 0 Å². The van der Waals surface area contributed by atoms with E-state index in [0.29, 0.717) is 60.4 Å². The van der Waals surface area contributed by atoms with E-state index in [2.05, 4.69) is 9.88 Å². The largest absolute Gasteiger partial charge is 0.478 e. The van der Waals surface area contributed by atoms with Gasteiger partial charge in [0.2, 0.25) is 11.5 Å². The lowest BCUT2D eigenvalue weighted by Crippen LogP contribution is -2.44. The first kappa shape index (κ1) is 30.4. The summed E-state index contributed by atoms with van der Waals surface area (Å²) in [7, 11) is 1.59. The number of aromatic nitrogens is 4. The number of nitrogens with zero attached hydrogens (tertiary/aromatic N) is 5. The van der Waals surface area contributed by atoms with Gasteiger partial charge in [0.25, 0.3) is 5.56 Å². The molecule has 0 radical (unpaired) electrons. The number of aliphatic carboxylic acids is 1. The van der Waals surface area contributed by atoms with Gasteiger partial charge in [-0.15, -0.1) is 0 Å². The van der Waals surface area contributed by atoms with Crippen LogP contribution >= 0.6 is 11.6 Å². The highest BCUT2D eigenvalue weighted by Gasteiger charge is 2.38. The molecule has 3 aromatic rings. The number of anilines is 1. The molecule has 43 heavy (non-hydrogen) atoms. The highest BCUT2D eigenvalue weighted by Crippen LogP contribution is 2.29. The van der Waals surface area contributed by atoms with E-state index in [1.54, 1.807) is 39.1 Å². The maximum atomic E-state index is 13.9. The molecule has 0 amide bonds. The Morgan fingerprint density at radius 2 is 1.98 bits per heavy atom. The van der Waals surface area contributed by atoms with Gasteiger partial charge in [-0.3, -0.25) is 13.9 Å². The van der Waals surface area contributed by atoms with Gasteiger partial charge in [-0.2, -0.15) is 9.97 Å². The van der Waals surface area contributed by atoms with Crippen LogP contribution in [0.3, 0.4) is 0 Å². The summed E-state index contributed by atoms with van der Waals surface area (Å²) in [5.41, 5.74) is 6.03. The number of fused-ring (bicyclic) bond motifs is 1. The van der Waals surface area contributed by atoms with Gasteiger partial charge < -0.3 is 25.2 Å². The van der Waals surface area contributed by atoms with Crippen LogP contribution in [0.1, 0.15) is 51.5 Å². The summed E-state index contributed by atoms with van der Waals surface area (Å²) in [6.07, 6.45) is 9.93. The average Bonchev–Trinajstić information content (AvgIpc) is 3.19. The van der Waals surface area contributed by atoms with Crippen LogP contribution in [0.2, 0.25) is 5.02 Å². The molecule has 2 aromatic heterocycles. The zero-order valence-corrected chi connectivity index (χ0v) is 25.4. The Labute approximate surface area is 254 Å². The van der Waals surface area contributed by atoms with Crippen LogP contribution in [0.5, 0.6) is 6.01 Å². The number of hydrogen-bond acceptors (Lipinski definition) is 8. The number of piperidine rings is 1. The Kier molecular flexibility index (Phi) is 8.93. The Morgan fingerprint density at radius 1 is 1.21 bits per heavy atom. The molecular weight excluding hydrogens is 572 g/mol. The molecule has 228 valence electrons. The lowest BCUT2D eigenvalue weighted by molar-refractivity contribution is -0.161. The molecule has 1 aromatic carbocycles. The van der Waals surface area contributed by atoms with Crippen LogP contribution in [0.25, 0.3) is 11.2 Å². The van der Waals surface area contributed by atoms with Crippen LogP contribution in [-0.2, 0) is 23.1 Å². The molecule has 1 aliphatic heterocycles. The Hall–Kier alpha value is -4.09. The van der Waals surface area contributed by atoms with Crippen molar-refractivity contribution in [1.82, 2.24) is 19.1 Å². The normalized spacial score (nSPS) is 17.4. The molecule has 0 saturated carbocycles. The van der Waals surface area contributed by atoms with Crippen LogP contribution < -0.4 is 20.9 Å². The fraction of sp³-hybridized carbons (Fsp3) is 0.419. The predicted molar refractivity (Wildman–Crippen MR) is 165 cm³/mol. The number of imidazole rings is 1. The van der Waals surface area contributed by atoms with Crippen molar-refractivity contribution in [3.05, 3.63) is 81.0 Å². The van der Waals surface area contributed by atoms with Gasteiger partial charge in [0, 0.05) is 37.3 Å². The number of halogens is 1. The zero-order valence-electron chi connectivity index (χ0n) is 24.6. The lowest BCUT2D eigenvalue weighted by Gasteiger charge is -2.31. The highest BCUT2D eigenvalue weighted by molar-refractivity contribution is 6.31. The van der Waals surface area contributed by atoms with Crippen molar-refractivity contribution >= 4 is 34.7 Å². The first-order valence-electron chi connectivity index (χ1n) is 14.6. The van der Waals surface area contributed by atoms with Gasteiger partial charge in [-0.1, -0.05) is 49.7 Å². The van der Waals surface area contributed by atoms with Gasteiger partial charge in [-0.05, 0) is 55.9 Å². The summed E-state index contributed by atoms with van der Waals surface area (Å²) < 4.78 is 15.3. The summed E-state index contributed by atoms with van der Waals surface area (Å²) in [4.78, 5) is 37.5. The van der Waals surface area contributed by atoms with E-state index >= 15 is 0 Å². The fourth-order valence-corrected chi connectivity index (χ4v) is 5.62. The van der Waals surface area contributed by atoms with Gasteiger partial charge in [0.1, 0.15) is 11.5 Å². The summed E-state index contributed by atoms with van der Waals surface area (Å²) >= 11 is 6.51. The molecule has 1 atom stereocenters. The molecule has 1 unspecified atom stereocenters. The molecule has 5 rings (SSSR count). The molecule has 3 heterocycles. The highest BCUT2D eigenvalue weighted by atomic mass is 35.5. The minimum absolute atomic E-state index is 0.00396.